The third-order valence-electron chi connectivity index (χ3n) is 4.72. The molecule has 3 aliphatic rings. The Morgan fingerprint density at radius 3 is 2.74 bits per heavy atom. The van der Waals surface area contributed by atoms with Crippen LogP contribution < -0.4 is 0 Å². The molecule has 4 heteroatoms. The number of carbonyl (C=O) groups excluding carboxylic acids is 1. The predicted octanol–water partition coefficient (Wildman–Crippen LogP) is 1.53. The quantitative estimate of drug-likeness (QED) is 0.651. The Balaban J connectivity index is 2.10. The van der Waals surface area contributed by atoms with Gasteiger partial charge in [-0.05, 0) is 30.1 Å². The van der Waals surface area contributed by atoms with Crippen molar-refractivity contribution in [3.8, 4) is 0 Å². The van der Waals surface area contributed by atoms with E-state index in [1.807, 2.05) is 13.0 Å². The van der Waals surface area contributed by atoms with E-state index in [0.29, 0.717) is 5.57 Å². The molecule has 2 aliphatic carbocycles. The molecule has 4 atom stereocenters. The van der Waals surface area contributed by atoms with Crippen LogP contribution >= 0.6 is 0 Å². The number of allylic oxidation sites excluding steroid dienone is 1. The molecule has 0 aromatic carbocycles. The number of aliphatic hydroxyl groups excluding tert-OH is 2. The van der Waals surface area contributed by atoms with Crippen molar-refractivity contribution in [2.45, 2.75) is 46.0 Å². The highest BCUT2D eigenvalue weighted by Crippen LogP contribution is 2.51. The molecule has 1 heterocycles. The van der Waals surface area contributed by atoms with Gasteiger partial charge in [-0.3, -0.25) is 0 Å². The van der Waals surface area contributed by atoms with Crippen LogP contribution in [0.1, 0.15) is 33.6 Å². The molecule has 0 aromatic heterocycles. The molecule has 0 radical (unpaired) electrons. The minimum atomic E-state index is -1.22. The molecule has 1 aliphatic heterocycles. The largest absolute Gasteiger partial charge is 0.428 e. The van der Waals surface area contributed by atoms with Crippen molar-refractivity contribution in [1.29, 1.82) is 0 Å². The topological polar surface area (TPSA) is 66.8 Å². The van der Waals surface area contributed by atoms with Gasteiger partial charge in [-0.2, -0.15) is 0 Å². The number of fused-ring (bicyclic) bond motifs is 1. The Hall–Kier alpha value is -1.13. The van der Waals surface area contributed by atoms with Gasteiger partial charge in [-0.25, -0.2) is 4.79 Å². The lowest BCUT2D eigenvalue weighted by Crippen LogP contribution is -2.29. The highest BCUT2D eigenvalue weighted by molar-refractivity contribution is 5.94. The van der Waals surface area contributed by atoms with Crippen molar-refractivity contribution in [2.24, 2.45) is 17.3 Å². The van der Waals surface area contributed by atoms with Gasteiger partial charge in [0.25, 0.3) is 0 Å². The number of carbonyl (C=O) groups is 1. The van der Waals surface area contributed by atoms with Crippen LogP contribution in [0.5, 0.6) is 0 Å². The van der Waals surface area contributed by atoms with Gasteiger partial charge in [-0.1, -0.05) is 32.4 Å². The van der Waals surface area contributed by atoms with Crippen molar-refractivity contribution in [3.63, 3.8) is 0 Å². The van der Waals surface area contributed by atoms with Gasteiger partial charge in [0.15, 0.2) is 0 Å². The van der Waals surface area contributed by atoms with E-state index >= 15 is 0 Å². The SMILES string of the molecule is C[C@H]1[C@H](O)C2=C(C=C3CC(C)(C)C[C@@H]31)[C@@H](O)OC2=O. The maximum Gasteiger partial charge on any atom is 0.339 e. The fourth-order valence-corrected chi connectivity index (χ4v) is 3.77. The molecule has 1 fully saturated rings. The second-order valence-electron chi connectivity index (χ2n) is 6.80. The summed E-state index contributed by atoms with van der Waals surface area (Å²) in [7, 11) is 0. The van der Waals surface area contributed by atoms with E-state index in [-0.39, 0.29) is 22.8 Å². The lowest BCUT2D eigenvalue weighted by molar-refractivity contribution is -0.152. The molecule has 0 unspecified atom stereocenters. The first-order valence-corrected chi connectivity index (χ1v) is 6.82. The van der Waals surface area contributed by atoms with Crippen LogP contribution in [0.15, 0.2) is 22.8 Å². The van der Waals surface area contributed by atoms with Gasteiger partial charge < -0.3 is 14.9 Å². The van der Waals surface area contributed by atoms with Gasteiger partial charge in [0.2, 0.25) is 6.29 Å². The summed E-state index contributed by atoms with van der Waals surface area (Å²) in [4.78, 5) is 11.7. The van der Waals surface area contributed by atoms with E-state index < -0.39 is 18.4 Å². The van der Waals surface area contributed by atoms with Crippen LogP contribution in [0.25, 0.3) is 0 Å². The van der Waals surface area contributed by atoms with Crippen molar-refractivity contribution < 1.29 is 19.7 Å². The molecule has 4 nitrogen and oxygen atoms in total. The van der Waals surface area contributed by atoms with Crippen molar-refractivity contribution in [3.05, 3.63) is 22.8 Å². The summed E-state index contributed by atoms with van der Waals surface area (Å²) in [6.45, 7) is 6.39. The zero-order chi connectivity index (χ0) is 13.9. The molecule has 0 spiro atoms. The summed E-state index contributed by atoms with van der Waals surface area (Å²) in [5.74, 6) is -0.341. The normalized spacial score (nSPS) is 40.5. The first-order chi connectivity index (χ1) is 8.80. The monoisotopic (exact) mass is 264 g/mol. The van der Waals surface area contributed by atoms with E-state index in [0.717, 1.165) is 12.8 Å². The van der Waals surface area contributed by atoms with Crippen molar-refractivity contribution in [2.75, 3.05) is 0 Å². The molecule has 2 N–H and O–H groups in total. The number of esters is 1. The highest BCUT2D eigenvalue weighted by Gasteiger charge is 2.47. The molecule has 3 rings (SSSR count). The zero-order valence-electron chi connectivity index (χ0n) is 11.5. The van der Waals surface area contributed by atoms with E-state index in [1.54, 1.807) is 0 Å². The standard InChI is InChI=1S/C15H20O4/c1-7-10-6-15(2,3)5-8(10)4-9-11(12(7)16)14(18)19-13(9)17/h4,7,10,12-13,16-17H,5-6H2,1-3H3/t7-,10-,12+,13+/m1/s1. The number of rotatable bonds is 0. The number of hydrogen-bond donors (Lipinski definition) is 2. The van der Waals surface area contributed by atoms with E-state index in [9.17, 15) is 15.0 Å². The number of cyclic esters (lactones) is 1. The molecule has 0 saturated heterocycles. The zero-order valence-corrected chi connectivity index (χ0v) is 11.5. The average Bonchev–Trinajstić information content (AvgIpc) is 2.72. The van der Waals surface area contributed by atoms with Crippen LogP contribution in [-0.4, -0.2) is 28.6 Å². The third-order valence-corrected chi connectivity index (χ3v) is 4.72. The number of ether oxygens (including phenoxy) is 1. The minimum absolute atomic E-state index is 0.0293. The smallest absolute Gasteiger partial charge is 0.339 e. The Bertz CT molecular complexity index is 500. The maximum atomic E-state index is 11.7. The molecule has 104 valence electrons. The third kappa shape index (κ3) is 1.85. The lowest BCUT2D eigenvalue weighted by atomic mass is 9.82. The molecule has 0 aromatic rings. The molecule has 1 saturated carbocycles. The Morgan fingerprint density at radius 2 is 2.05 bits per heavy atom. The highest BCUT2D eigenvalue weighted by atomic mass is 16.6. The summed E-state index contributed by atoms with van der Waals surface area (Å²) in [5.41, 5.74) is 2.13. The van der Waals surface area contributed by atoms with Gasteiger partial charge >= 0.3 is 5.97 Å². The minimum Gasteiger partial charge on any atom is -0.428 e. The van der Waals surface area contributed by atoms with Gasteiger partial charge in [0, 0.05) is 5.57 Å². The molecule has 19 heavy (non-hydrogen) atoms. The van der Waals surface area contributed by atoms with Crippen LogP contribution in [0.2, 0.25) is 0 Å². The van der Waals surface area contributed by atoms with E-state index in [2.05, 4.69) is 13.8 Å². The summed E-state index contributed by atoms with van der Waals surface area (Å²) in [6.07, 6.45) is 1.75. The Labute approximate surface area is 112 Å². The predicted molar refractivity (Wildman–Crippen MR) is 68.9 cm³/mol. The Kier molecular flexibility index (Phi) is 2.67. The molecule has 0 amide bonds. The summed E-state index contributed by atoms with van der Waals surface area (Å²) >= 11 is 0. The van der Waals surface area contributed by atoms with E-state index in [1.165, 1.54) is 5.57 Å². The van der Waals surface area contributed by atoms with Crippen molar-refractivity contribution in [1.82, 2.24) is 0 Å². The molecular formula is C15H20O4. The van der Waals surface area contributed by atoms with Crippen LogP contribution in [0.3, 0.4) is 0 Å². The number of aliphatic hydroxyl groups is 2. The average molecular weight is 264 g/mol. The van der Waals surface area contributed by atoms with Crippen LogP contribution in [0, 0.1) is 17.3 Å². The lowest BCUT2D eigenvalue weighted by Gasteiger charge is -2.25. The number of hydrogen-bond acceptors (Lipinski definition) is 4. The van der Waals surface area contributed by atoms with Crippen LogP contribution in [0.4, 0.5) is 0 Å². The van der Waals surface area contributed by atoms with Gasteiger partial charge in [-0.15, -0.1) is 0 Å². The fourth-order valence-electron chi connectivity index (χ4n) is 3.77. The second kappa shape index (κ2) is 3.93. The summed E-state index contributed by atoms with van der Waals surface area (Å²) < 4.78 is 4.82. The summed E-state index contributed by atoms with van der Waals surface area (Å²) in [6, 6.07) is 0. The van der Waals surface area contributed by atoms with Crippen molar-refractivity contribution >= 4 is 5.97 Å². The maximum absolute atomic E-state index is 11.7. The van der Waals surface area contributed by atoms with Gasteiger partial charge in [0.1, 0.15) is 0 Å². The molecule has 0 bridgehead atoms. The van der Waals surface area contributed by atoms with Gasteiger partial charge in [0.05, 0.1) is 11.7 Å². The molecular weight excluding hydrogens is 244 g/mol. The van der Waals surface area contributed by atoms with Crippen LogP contribution in [-0.2, 0) is 9.53 Å². The Morgan fingerprint density at radius 1 is 1.37 bits per heavy atom. The first-order valence-electron chi connectivity index (χ1n) is 6.82. The first kappa shape index (κ1) is 12.9. The van der Waals surface area contributed by atoms with E-state index in [4.69, 9.17) is 4.74 Å². The fraction of sp³-hybridized carbons (Fsp3) is 0.667. The summed E-state index contributed by atoms with van der Waals surface area (Å²) in [5, 5.41) is 20.2. The second-order valence-corrected chi connectivity index (χ2v) is 6.80.